The molecule has 11 nitrogen and oxygen atoms in total. The molecular formula is C24H26N3O8P. The zero-order valence-corrected chi connectivity index (χ0v) is 20.8. The molecule has 4 rings (SSSR count). The SMILES string of the molecule is COC(=O)[C@H](C)NP(=O)(OC[C@@H]1C=C[C@H](n2cc(C)c(=O)[nH]c2=O)O1)Oc1cccc2ccccc12. The van der Waals surface area contributed by atoms with E-state index in [-0.39, 0.29) is 6.61 Å². The standard InChI is InChI=1S/C24H26N3O8P/c1-15-13-27(24(30)25-22(15)28)21-12-11-18(34-21)14-33-36(31,26-16(2)23(29)32-3)35-20-10-6-8-17-7-4-5-9-19(17)20/h4-13,16,18,21H,14H2,1-3H3,(H,26,31)(H,25,28,30)/t16-,18-,21+,36?/m0/s1. The molecule has 3 aromatic rings. The van der Waals surface area contributed by atoms with Gasteiger partial charge >= 0.3 is 19.4 Å². The molecule has 2 aromatic carbocycles. The van der Waals surface area contributed by atoms with Crippen LogP contribution in [0.25, 0.3) is 10.8 Å². The second kappa shape index (κ2) is 10.6. The van der Waals surface area contributed by atoms with E-state index in [1.165, 1.54) is 24.8 Å². The molecule has 1 aromatic heterocycles. The number of carbonyl (C=O) groups excluding carboxylic acids is 1. The lowest BCUT2D eigenvalue weighted by Gasteiger charge is -2.24. The van der Waals surface area contributed by atoms with Gasteiger partial charge < -0.3 is 14.0 Å². The van der Waals surface area contributed by atoms with Gasteiger partial charge in [-0.1, -0.05) is 42.5 Å². The van der Waals surface area contributed by atoms with Crippen molar-refractivity contribution >= 4 is 24.5 Å². The highest BCUT2D eigenvalue weighted by molar-refractivity contribution is 7.52. The molecule has 1 unspecified atom stereocenters. The van der Waals surface area contributed by atoms with Gasteiger partial charge in [0.1, 0.15) is 17.9 Å². The Labute approximate surface area is 206 Å². The summed E-state index contributed by atoms with van der Waals surface area (Å²) in [5.41, 5.74) is -0.754. The molecule has 0 bridgehead atoms. The highest BCUT2D eigenvalue weighted by Gasteiger charge is 2.34. The number of benzene rings is 2. The van der Waals surface area contributed by atoms with Crippen molar-refractivity contribution in [1.29, 1.82) is 0 Å². The number of H-pyrrole nitrogens is 1. The van der Waals surface area contributed by atoms with Gasteiger partial charge in [0.05, 0.1) is 13.7 Å². The van der Waals surface area contributed by atoms with E-state index in [1.54, 1.807) is 31.2 Å². The van der Waals surface area contributed by atoms with Crippen LogP contribution in [0.3, 0.4) is 0 Å². The van der Waals surface area contributed by atoms with Crippen LogP contribution >= 0.6 is 7.75 Å². The van der Waals surface area contributed by atoms with Gasteiger partial charge in [-0.3, -0.25) is 23.7 Å². The number of carbonyl (C=O) groups is 1. The van der Waals surface area contributed by atoms with E-state index in [1.807, 2.05) is 30.3 Å². The van der Waals surface area contributed by atoms with Crippen molar-refractivity contribution in [3.63, 3.8) is 0 Å². The quantitative estimate of drug-likeness (QED) is 0.250. The second-order valence-corrected chi connectivity index (χ2v) is 9.86. The van der Waals surface area contributed by atoms with Gasteiger partial charge in [0.25, 0.3) is 5.56 Å². The predicted molar refractivity (Wildman–Crippen MR) is 132 cm³/mol. The maximum Gasteiger partial charge on any atom is 0.459 e. The molecule has 4 atom stereocenters. The molecule has 0 spiro atoms. The number of ether oxygens (including phenoxy) is 2. The fraction of sp³-hybridized carbons (Fsp3) is 0.292. The van der Waals surface area contributed by atoms with E-state index in [0.717, 1.165) is 5.39 Å². The Bertz CT molecular complexity index is 1460. The Hall–Kier alpha value is -3.50. The van der Waals surface area contributed by atoms with Crippen LogP contribution in [0.1, 0.15) is 18.7 Å². The lowest BCUT2D eigenvalue weighted by molar-refractivity contribution is -0.142. The molecule has 0 fully saturated rings. The molecule has 12 heteroatoms. The fourth-order valence-electron chi connectivity index (χ4n) is 3.65. The Kier molecular flexibility index (Phi) is 7.56. The number of aryl methyl sites for hydroxylation is 1. The summed E-state index contributed by atoms with van der Waals surface area (Å²) in [7, 11) is -2.90. The number of hydrogen-bond donors (Lipinski definition) is 2. The van der Waals surface area contributed by atoms with E-state index >= 15 is 0 Å². The average molecular weight is 515 g/mol. The molecule has 1 aliphatic heterocycles. The molecule has 0 saturated carbocycles. The number of nitrogens with one attached hydrogen (secondary N) is 2. The smallest absolute Gasteiger partial charge is 0.459 e. The van der Waals surface area contributed by atoms with Gasteiger partial charge in [-0.05, 0) is 31.4 Å². The predicted octanol–water partition coefficient (Wildman–Crippen LogP) is 2.81. The summed E-state index contributed by atoms with van der Waals surface area (Å²) in [5.74, 6) is -0.345. The first kappa shape index (κ1) is 25.6. The largest absolute Gasteiger partial charge is 0.468 e. The molecule has 2 heterocycles. The van der Waals surface area contributed by atoms with Gasteiger partial charge in [-0.25, -0.2) is 9.36 Å². The van der Waals surface area contributed by atoms with Crippen molar-refractivity contribution in [2.24, 2.45) is 0 Å². The molecule has 190 valence electrons. The van der Waals surface area contributed by atoms with Crippen molar-refractivity contribution in [2.45, 2.75) is 32.2 Å². The van der Waals surface area contributed by atoms with Crippen LogP contribution in [0.2, 0.25) is 0 Å². The second-order valence-electron chi connectivity index (χ2n) is 8.16. The Morgan fingerprint density at radius 2 is 1.94 bits per heavy atom. The van der Waals surface area contributed by atoms with Crippen molar-refractivity contribution in [1.82, 2.24) is 14.6 Å². The minimum atomic E-state index is -4.12. The Morgan fingerprint density at radius 1 is 1.19 bits per heavy atom. The topological polar surface area (TPSA) is 138 Å². The molecule has 0 saturated heterocycles. The van der Waals surface area contributed by atoms with Crippen molar-refractivity contribution in [3.8, 4) is 5.75 Å². The number of aromatic nitrogens is 2. The van der Waals surface area contributed by atoms with Crippen molar-refractivity contribution in [2.75, 3.05) is 13.7 Å². The third-order valence-electron chi connectivity index (χ3n) is 5.51. The van der Waals surface area contributed by atoms with Gasteiger partial charge in [0, 0.05) is 17.1 Å². The van der Waals surface area contributed by atoms with Crippen LogP contribution in [-0.4, -0.2) is 41.4 Å². The van der Waals surface area contributed by atoms with Crippen molar-refractivity contribution < 1.29 is 27.9 Å². The van der Waals surface area contributed by atoms with Crippen LogP contribution in [0.5, 0.6) is 5.75 Å². The minimum absolute atomic E-state index is 0.215. The first-order valence-corrected chi connectivity index (χ1v) is 12.7. The Morgan fingerprint density at radius 3 is 2.72 bits per heavy atom. The van der Waals surface area contributed by atoms with Gasteiger partial charge in [0.15, 0.2) is 6.23 Å². The molecular weight excluding hydrogens is 489 g/mol. The lowest BCUT2D eigenvalue weighted by atomic mass is 10.1. The number of nitrogens with zero attached hydrogens (tertiary/aromatic N) is 1. The molecule has 0 aliphatic carbocycles. The summed E-state index contributed by atoms with van der Waals surface area (Å²) in [5, 5.41) is 4.19. The Balaban J connectivity index is 1.52. The maximum absolute atomic E-state index is 13.8. The first-order valence-electron chi connectivity index (χ1n) is 11.1. The van der Waals surface area contributed by atoms with Crippen LogP contribution in [0.15, 0.2) is 70.4 Å². The number of esters is 1. The third kappa shape index (κ3) is 5.66. The number of fused-ring (bicyclic) bond motifs is 1. The number of aromatic amines is 1. The van der Waals surface area contributed by atoms with E-state index in [9.17, 15) is 18.9 Å². The molecule has 0 radical (unpaired) electrons. The highest BCUT2D eigenvalue weighted by atomic mass is 31.2. The first-order chi connectivity index (χ1) is 17.2. The number of methoxy groups -OCH3 is 1. The molecule has 0 amide bonds. The average Bonchev–Trinajstić information content (AvgIpc) is 3.33. The zero-order chi connectivity index (χ0) is 25.9. The maximum atomic E-state index is 13.8. The highest BCUT2D eigenvalue weighted by Crippen LogP contribution is 2.47. The number of rotatable bonds is 9. The summed E-state index contributed by atoms with van der Waals surface area (Å²) in [6, 6.07) is 11.7. The van der Waals surface area contributed by atoms with Crippen LogP contribution in [-0.2, 0) is 23.4 Å². The summed E-state index contributed by atoms with van der Waals surface area (Å²) in [6.07, 6.45) is 3.18. The number of hydrogen-bond acceptors (Lipinski definition) is 8. The van der Waals surface area contributed by atoms with E-state index in [2.05, 4.69) is 10.1 Å². The van der Waals surface area contributed by atoms with E-state index in [4.69, 9.17) is 18.5 Å². The summed E-state index contributed by atoms with van der Waals surface area (Å²) < 4.78 is 37.1. The third-order valence-corrected chi connectivity index (χ3v) is 7.14. The van der Waals surface area contributed by atoms with Gasteiger partial charge in [0.2, 0.25) is 0 Å². The summed E-state index contributed by atoms with van der Waals surface area (Å²) >= 11 is 0. The van der Waals surface area contributed by atoms with Gasteiger partial charge in [-0.2, -0.15) is 5.09 Å². The lowest BCUT2D eigenvalue weighted by Crippen LogP contribution is -2.35. The van der Waals surface area contributed by atoms with Crippen LogP contribution < -0.4 is 20.9 Å². The van der Waals surface area contributed by atoms with Crippen molar-refractivity contribution in [3.05, 3.63) is 87.2 Å². The summed E-state index contributed by atoms with van der Waals surface area (Å²) in [4.78, 5) is 38.0. The van der Waals surface area contributed by atoms with Crippen LogP contribution in [0, 0.1) is 6.92 Å². The van der Waals surface area contributed by atoms with E-state index < -0.39 is 43.3 Å². The molecule has 2 N–H and O–H groups in total. The van der Waals surface area contributed by atoms with Crippen LogP contribution in [0.4, 0.5) is 0 Å². The van der Waals surface area contributed by atoms with E-state index in [0.29, 0.717) is 16.7 Å². The summed E-state index contributed by atoms with van der Waals surface area (Å²) in [6.45, 7) is 2.83. The zero-order valence-electron chi connectivity index (χ0n) is 19.9. The monoisotopic (exact) mass is 515 g/mol. The fourth-order valence-corrected chi connectivity index (χ4v) is 5.17. The molecule has 1 aliphatic rings. The van der Waals surface area contributed by atoms with Gasteiger partial charge in [-0.15, -0.1) is 0 Å². The minimum Gasteiger partial charge on any atom is -0.468 e. The molecule has 36 heavy (non-hydrogen) atoms. The normalized spacial score (nSPS) is 19.6.